The Morgan fingerprint density at radius 3 is 1.57 bits per heavy atom. The first-order valence-electron chi connectivity index (χ1n) is 7.99. The van der Waals surface area contributed by atoms with Crippen LogP contribution in [-0.2, 0) is 12.3 Å². The number of nitrogens with two attached hydrogens (primary N) is 1. The summed E-state index contributed by atoms with van der Waals surface area (Å²) in [6.45, 7) is 20.6. The fourth-order valence-electron chi connectivity index (χ4n) is 2.78. The molecule has 0 aromatic carbocycles. The highest BCUT2D eigenvalue weighted by atomic mass is 28.5. The topological polar surface area (TPSA) is 53.7 Å². The van der Waals surface area contributed by atoms with E-state index in [0.717, 1.165) is 25.4 Å². The average molecular weight is 368 g/mol. The Morgan fingerprint density at radius 2 is 1.14 bits per heavy atom. The highest BCUT2D eigenvalue weighted by molar-refractivity contribution is 6.89. The average Bonchev–Trinajstić information content (AvgIpc) is 2.08. The summed E-state index contributed by atoms with van der Waals surface area (Å²) in [5.74, 6) is 0. The minimum absolute atomic E-state index is 0.770. The van der Waals surface area contributed by atoms with Crippen LogP contribution in [0.2, 0.25) is 65.0 Å². The molecule has 0 aromatic rings. The molecule has 8 heteroatoms. The van der Waals surface area contributed by atoms with Crippen molar-refractivity contribution in [1.82, 2.24) is 0 Å². The summed E-state index contributed by atoms with van der Waals surface area (Å²) >= 11 is 0. The maximum absolute atomic E-state index is 6.51. The lowest BCUT2D eigenvalue weighted by atomic mass is 10.3. The van der Waals surface area contributed by atoms with Gasteiger partial charge in [-0.2, -0.15) is 0 Å². The summed E-state index contributed by atoms with van der Waals surface area (Å²) in [4.78, 5) is 0. The van der Waals surface area contributed by atoms with E-state index in [1.807, 2.05) is 0 Å². The van der Waals surface area contributed by atoms with E-state index in [9.17, 15) is 0 Å². The van der Waals surface area contributed by atoms with Crippen LogP contribution in [-0.4, -0.2) is 40.3 Å². The third-order valence-electron chi connectivity index (χ3n) is 2.80. The van der Waals surface area contributed by atoms with Gasteiger partial charge in [0.05, 0.1) is 0 Å². The minimum Gasteiger partial charge on any atom is -0.437 e. The Morgan fingerprint density at radius 1 is 0.667 bits per heavy atom. The van der Waals surface area contributed by atoms with E-state index in [1.54, 1.807) is 0 Å². The van der Waals surface area contributed by atoms with Gasteiger partial charge in [-0.25, -0.2) is 0 Å². The van der Waals surface area contributed by atoms with Crippen LogP contribution in [0.4, 0.5) is 0 Å². The third kappa shape index (κ3) is 11.9. The van der Waals surface area contributed by atoms with Crippen LogP contribution >= 0.6 is 0 Å². The first kappa shape index (κ1) is 21.7. The zero-order valence-corrected chi connectivity index (χ0v) is 19.6. The maximum atomic E-state index is 6.51. The van der Waals surface area contributed by atoms with Crippen LogP contribution < -0.4 is 5.73 Å². The smallest absolute Gasteiger partial charge is 0.312 e. The number of unbranched alkanes of at least 4 members (excludes halogenated alkanes) is 1. The molecular formula is C13H37NO3Si4. The maximum Gasteiger partial charge on any atom is 0.312 e. The predicted octanol–water partition coefficient (Wildman–Crippen LogP) is 4.22. The zero-order valence-electron chi connectivity index (χ0n) is 15.6. The second kappa shape index (κ2) is 8.00. The molecule has 0 saturated carbocycles. The van der Waals surface area contributed by atoms with Gasteiger partial charge in [0.15, 0.2) is 16.6 Å². The van der Waals surface area contributed by atoms with E-state index in [2.05, 4.69) is 58.9 Å². The molecule has 0 radical (unpaired) electrons. The van der Waals surface area contributed by atoms with Crippen LogP contribution in [0.3, 0.4) is 0 Å². The van der Waals surface area contributed by atoms with Crippen molar-refractivity contribution in [3.8, 4) is 0 Å². The molecule has 0 fully saturated rings. The molecule has 0 rings (SSSR count). The Kier molecular flexibility index (Phi) is 8.27. The van der Waals surface area contributed by atoms with Crippen molar-refractivity contribution in [1.29, 1.82) is 0 Å². The monoisotopic (exact) mass is 367 g/mol. The van der Waals surface area contributed by atoms with Crippen LogP contribution in [0, 0.1) is 0 Å². The SMILES string of the molecule is C[Si](C)(C)O[Si](C)(C)O[Si](C)(C)O[Si](C)(C)CCCCN. The Balaban J connectivity index is 4.60. The summed E-state index contributed by atoms with van der Waals surface area (Å²) in [7, 11) is -7.51. The lowest BCUT2D eigenvalue weighted by Gasteiger charge is -2.40. The summed E-state index contributed by atoms with van der Waals surface area (Å²) in [5.41, 5.74) is 5.58. The molecule has 0 aromatic heterocycles. The van der Waals surface area contributed by atoms with Gasteiger partial charge < -0.3 is 18.1 Å². The molecule has 0 aliphatic carbocycles. The molecule has 0 bridgehead atoms. The standard InChI is InChI=1S/C13H37NO3Si4/c1-18(2,3)15-20(6,7)17-21(8,9)16-19(4,5)13-11-10-12-14/h10-14H2,1-9H3. The van der Waals surface area contributed by atoms with E-state index < -0.39 is 33.8 Å². The van der Waals surface area contributed by atoms with Crippen molar-refractivity contribution in [3.63, 3.8) is 0 Å². The molecule has 0 saturated heterocycles. The number of hydrogen-bond acceptors (Lipinski definition) is 4. The van der Waals surface area contributed by atoms with Gasteiger partial charge in [-0.15, -0.1) is 0 Å². The van der Waals surface area contributed by atoms with E-state index in [4.69, 9.17) is 18.1 Å². The van der Waals surface area contributed by atoms with Gasteiger partial charge in [0.25, 0.3) is 0 Å². The van der Waals surface area contributed by atoms with Crippen LogP contribution in [0.15, 0.2) is 0 Å². The molecule has 0 aliphatic heterocycles. The van der Waals surface area contributed by atoms with E-state index in [1.165, 1.54) is 0 Å². The first-order valence-corrected chi connectivity index (χ1v) is 20.1. The van der Waals surface area contributed by atoms with Gasteiger partial charge in [0.1, 0.15) is 0 Å². The second-order valence-corrected chi connectivity index (χ2v) is 24.5. The first-order chi connectivity index (χ1) is 9.18. The van der Waals surface area contributed by atoms with Crippen LogP contribution in [0.1, 0.15) is 12.8 Å². The van der Waals surface area contributed by atoms with Crippen molar-refractivity contribution in [3.05, 3.63) is 0 Å². The van der Waals surface area contributed by atoms with Crippen molar-refractivity contribution >= 4 is 33.8 Å². The largest absolute Gasteiger partial charge is 0.437 e. The fraction of sp³-hybridized carbons (Fsp3) is 1.00. The van der Waals surface area contributed by atoms with Crippen molar-refractivity contribution < 1.29 is 12.3 Å². The minimum atomic E-state index is -2.14. The molecule has 0 unspecified atom stereocenters. The molecule has 0 amide bonds. The highest BCUT2D eigenvalue weighted by Gasteiger charge is 2.42. The van der Waals surface area contributed by atoms with Crippen LogP contribution in [0.5, 0.6) is 0 Å². The van der Waals surface area contributed by atoms with Crippen molar-refractivity contribution in [2.45, 2.75) is 77.8 Å². The molecule has 0 atom stereocenters. The van der Waals surface area contributed by atoms with Crippen molar-refractivity contribution in [2.75, 3.05) is 6.54 Å². The van der Waals surface area contributed by atoms with E-state index in [-0.39, 0.29) is 0 Å². The fourth-order valence-corrected chi connectivity index (χ4v) is 21.3. The number of rotatable bonds is 10. The normalized spacial score (nSPS) is 14.6. The molecule has 0 heterocycles. The quantitative estimate of drug-likeness (QED) is 0.464. The number of hydrogen-bond donors (Lipinski definition) is 1. The third-order valence-corrected chi connectivity index (χ3v) is 16.9. The van der Waals surface area contributed by atoms with Gasteiger partial charge in [0.2, 0.25) is 0 Å². The predicted molar refractivity (Wildman–Crippen MR) is 102 cm³/mol. The molecule has 128 valence electrons. The lowest BCUT2D eigenvalue weighted by molar-refractivity contribution is 0.329. The Hall–Kier alpha value is 0.708. The molecule has 0 aliphatic rings. The summed E-state index contributed by atoms with van der Waals surface area (Å²) < 4.78 is 19.2. The van der Waals surface area contributed by atoms with Gasteiger partial charge >= 0.3 is 17.1 Å². The summed E-state index contributed by atoms with van der Waals surface area (Å²) in [6, 6.07) is 1.15. The second-order valence-electron chi connectivity index (χ2n) is 8.22. The van der Waals surface area contributed by atoms with Crippen molar-refractivity contribution in [2.24, 2.45) is 5.73 Å². The van der Waals surface area contributed by atoms with Gasteiger partial charge in [-0.1, -0.05) is 6.42 Å². The molecule has 4 nitrogen and oxygen atoms in total. The zero-order chi connectivity index (χ0) is 16.9. The summed E-state index contributed by atoms with van der Waals surface area (Å²) in [5, 5.41) is 0. The van der Waals surface area contributed by atoms with E-state index >= 15 is 0 Å². The lowest BCUT2D eigenvalue weighted by Crippen LogP contribution is -2.55. The molecular weight excluding hydrogens is 330 g/mol. The molecule has 21 heavy (non-hydrogen) atoms. The van der Waals surface area contributed by atoms with Crippen LogP contribution in [0.25, 0.3) is 0 Å². The molecule has 0 spiro atoms. The highest BCUT2D eigenvalue weighted by Crippen LogP contribution is 2.26. The van der Waals surface area contributed by atoms with E-state index in [0.29, 0.717) is 0 Å². The Labute approximate surface area is 136 Å². The Bertz CT molecular complexity index is 317. The van der Waals surface area contributed by atoms with Gasteiger partial charge in [0, 0.05) is 0 Å². The summed E-state index contributed by atoms with van der Waals surface area (Å²) in [6.07, 6.45) is 2.24. The van der Waals surface area contributed by atoms with Gasteiger partial charge in [-0.3, -0.25) is 0 Å². The molecule has 2 N–H and O–H groups in total. The van der Waals surface area contributed by atoms with Gasteiger partial charge in [-0.05, 0) is 77.9 Å².